The van der Waals surface area contributed by atoms with Gasteiger partial charge >= 0.3 is 18.3 Å². The van der Waals surface area contributed by atoms with Crippen LogP contribution in [0.1, 0.15) is 89.4 Å². The number of hydrogen-bond donors (Lipinski definition) is 7. The second-order valence-corrected chi connectivity index (χ2v) is 17.6. The number of benzene rings is 4. The molecule has 0 radical (unpaired) electrons. The summed E-state index contributed by atoms with van der Waals surface area (Å²) in [6.45, 7) is 17.0. The molecule has 4 rings (SSSR count). The molecular weight excluding hydrogens is 1040 g/mol. The predicted octanol–water partition coefficient (Wildman–Crippen LogP) is 8.21. The molecule has 0 heterocycles. The Morgan fingerprint density at radius 2 is 0.842 bits per heavy atom. The first-order valence-corrected chi connectivity index (χ1v) is 22.5. The number of ether oxygens (including phenoxy) is 11. The molecule has 428 valence electrons. The molecule has 0 unspecified atom stereocenters. The SMILES string of the molecule is CC(C)(C)OC(=O)NN.COc1ccc(/C=N/NC(=O)OC(C)(C)C)c(OC)c1.COc1ccc(C=O)c(OC)c1.COc1ccc(CNN)c(OC)c1.COc1ccc(CNNC(=O)OC(C)(C)C)c(OC)c1.Cl.Cl. The first kappa shape index (κ1) is 73.1. The number of halogens is 2. The molecule has 4 aromatic carbocycles. The molecule has 76 heavy (non-hydrogen) atoms. The van der Waals surface area contributed by atoms with Gasteiger partial charge in [-0.25, -0.2) is 31.1 Å². The van der Waals surface area contributed by atoms with Crippen LogP contribution in [-0.2, 0) is 27.3 Å². The molecule has 25 heteroatoms. The van der Waals surface area contributed by atoms with E-state index in [0.717, 1.165) is 28.9 Å². The Labute approximate surface area is 459 Å². The fourth-order valence-electron chi connectivity index (χ4n) is 5.22. The Morgan fingerprint density at radius 3 is 1.20 bits per heavy atom. The first-order valence-electron chi connectivity index (χ1n) is 22.5. The van der Waals surface area contributed by atoms with Crippen LogP contribution in [0.15, 0.2) is 77.9 Å². The molecule has 0 fully saturated rings. The lowest BCUT2D eigenvalue weighted by Crippen LogP contribution is -2.40. The van der Waals surface area contributed by atoms with Crippen molar-refractivity contribution in [3.05, 3.63) is 95.1 Å². The summed E-state index contributed by atoms with van der Waals surface area (Å²) in [6, 6.07) is 21.4. The van der Waals surface area contributed by atoms with Gasteiger partial charge < -0.3 is 52.1 Å². The molecule has 0 saturated heterocycles. The third-order valence-electron chi connectivity index (χ3n) is 8.43. The van der Waals surface area contributed by atoms with Crippen molar-refractivity contribution < 1.29 is 71.3 Å². The van der Waals surface area contributed by atoms with Crippen molar-refractivity contribution in [2.75, 3.05) is 56.9 Å². The molecule has 23 nitrogen and oxygen atoms in total. The van der Waals surface area contributed by atoms with Crippen LogP contribution in [0.4, 0.5) is 14.4 Å². The molecule has 0 spiro atoms. The van der Waals surface area contributed by atoms with Crippen LogP contribution in [-0.4, -0.2) is 104 Å². The van der Waals surface area contributed by atoms with Crippen molar-refractivity contribution in [2.24, 2.45) is 16.8 Å². The van der Waals surface area contributed by atoms with Gasteiger partial charge in [0.05, 0.1) is 68.7 Å². The number of rotatable bonds is 16. The van der Waals surface area contributed by atoms with E-state index in [9.17, 15) is 19.2 Å². The van der Waals surface area contributed by atoms with Crippen LogP contribution in [0.3, 0.4) is 0 Å². The van der Waals surface area contributed by atoms with Crippen LogP contribution in [0, 0.1) is 0 Å². The normalized spacial score (nSPS) is 10.2. The number of nitrogens with two attached hydrogens (primary N) is 2. The highest BCUT2D eigenvalue weighted by atomic mass is 35.5. The highest BCUT2D eigenvalue weighted by molar-refractivity contribution is 5.86. The van der Waals surface area contributed by atoms with Crippen molar-refractivity contribution in [1.29, 1.82) is 0 Å². The molecule has 0 aliphatic rings. The van der Waals surface area contributed by atoms with Gasteiger partial charge in [-0.05, 0) is 98.7 Å². The van der Waals surface area contributed by atoms with E-state index in [1.165, 1.54) is 13.3 Å². The molecule has 3 amide bonds. The Morgan fingerprint density at radius 1 is 0.487 bits per heavy atom. The van der Waals surface area contributed by atoms with Crippen molar-refractivity contribution in [3.8, 4) is 46.0 Å². The van der Waals surface area contributed by atoms with Crippen molar-refractivity contribution in [3.63, 3.8) is 0 Å². The van der Waals surface area contributed by atoms with E-state index in [1.807, 2.05) is 35.8 Å². The largest absolute Gasteiger partial charge is 0.497 e. The molecule has 9 N–H and O–H groups in total. The fourth-order valence-corrected chi connectivity index (χ4v) is 5.22. The van der Waals surface area contributed by atoms with E-state index in [-0.39, 0.29) is 24.8 Å². The number of aldehydes is 1. The standard InChI is InChI=1S/C14H22N2O4.C14H20N2O4.C9H14N2O2.C9H10O3.C5H12N2O2.2ClH/c2*1-14(2,3)20-13(17)16-15-9-10-6-7-11(18-4)8-12(10)19-5;1-12-8-4-3-7(6-11-10)9(5-8)13-2;1-11-8-4-3-7(6-10)9(5-8)12-2;1-5(2,3)9-4(8)7-6;;/h6-8,15H,9H2,1-5H3,(H,16,17);6-9H,1-5H3,(H,16,17);3-5,11H,6,10H2,1-2H3;3-6H,1-2H3;6H2,1-3H3,(H,7,8);2*1H/b;15-9+;;;;;. The van der Waals surface area contributed by atoms with Gasteiger partial charge in [0, 0.05) is 54.0 Å². The Kier molecular flexibility index (Phi) is 36.9. The molecular formula is C51H80Cl2N8O15. The Bertz CT molecular complexity index is 2340. The van der Waals surface area contributed by atoms with E-state index in [0.29, 0.717) is 58.7 Å². The van der Waals surface area contributed by atoms with E-state index in [2.05, 4.69) is 26.8 Å². The molecule has 0 aliphatic carbocycles. The zero-order valence-corrected chi connectivity index (χ0v) is 48.2. The molecule has 4 aromatic rings. The maximum Gasteiger partial charge on any atom is 0.428 e. The maximum atomic E-state index is 11.5. The van der Waals surface area contributed by atoms with Gasteiger partial charge in [-0.2, -0.15) is 5.10 Å². The Balaban J connectivity index is -0.000000896. The number of carbonyl (C=O) groups is 4. The smallest absolute Gasteiger partial charge is 0.428 e. The van der Waals surface area contributed by atoms with Gasteiger partial charge in [0.1, 0.15) is 62.8 Å². The monoisotopic (exact) mass is 1110 g/mol. The van der Waals surface area contributed by atoms with Gasteiger partial charge in [0.15, 0.2) is 6.29 Å². The summed E-state index contributed by atoms with van der Waals surface area (Å²) in [6.07, 6.45) is 0.481. The van der Waals surface area contributed by atoms with E-state index in [1.54, 1.807) is 155 Å². The summed E-state index contributed by atoms with van der Waals surface area (Å²) < 4.78 is 55.7. The minimum absolute atomic E-state index is 0. The van der Waals surface area contributed by atoms with Crippen LogP contribution >= 0.6 is 24.8 Å². The van der Waals surface area contributed by atoms with Crippen LogP contribution < -0.4 is 76.7 Å². The average Bonchev–Trinajstić information content (AvgIpc) is 3.35. The number of hydrogen-bond acceptors (Lipinski definition) is 20. The average molecular weight is 1120 g/mol. The summed E-state index contributed by atoms with van der Waals surface area (Å²) in [5, 5.41) is 3.82. The number of hydrazone groups is 1. The highest BCUT2D eigenvalue weighted by Gasteiger charge is 2.17. The zero-order chi connectivity index (χ0) is 56.5. The topological polar surface area (TPSA) is 294 Å². The van der Waals surface area contributed by atoms with Gasteiger partial charge in [-0.1, -0.05) is 12.1 Å². The van der Waals surface area contributed by atoms with Crippen LogP contribution in [0.25, 0.3) is 0 Å². The minimum atomic E-state index is -0.610. The lowest BCUT2D eigenvalue weighted by molar-refractivity contribution is 0.0491. The molecule has 0 saturated carbocycles. The lowest BCUT2D eigenvalue weighted by atomic mass is 10.2. The Hall–Kier alpha value is -7.15. The quantitative estimate of drug-likeness (QED) is 0.0139. The van der Waals surface area contributed by atoms with Gasteiger partial charge in [0.2, 0.25) is 0 Å². The third kappa shape index (κ3) is 32.2. The summed E-state index contributed by atoms with van der Waals surface area (Å²) in [5.74, 6) is 15.4. The fraction of sp³-hybridized carbons (Fsp3) is 0.431. The van der Waals surface area contributed by atoms with Crippen molar-refractivity contribution in [1.82, 2.24) is 27.1 Å². The van der Waals surface area contributed by atoms with Gasteiger partial charge in [-0.15, -0.1) is 24.8 Å². The molecule has 0 aromatic heterocycles. The minimum Gasteiger partial charge on any atom is -0.497 e. The maximum absolute atomic E-state index is 11.5. The van der Waals surface area contributed by atoms with Gasteiger partial charge in [0.25, 0.3) is 0 Å². The molecule has 0 atom stereocenters. The third-order valence-corrected chi connectivity index (χ3v) is 8.43. The van der Waals surface area contributed by atoms with Crippen LogP contribution in [0.2, 0.25) is 0 Å². The van der Waals surface area contributed by atoms with Crippen molar-refractivity contribution in [2.45, 2.75) is 92.2 Å². The van der Waals surface area contributed by atoms with Crippen LogP contribution in [0.5, 0.6) is 46.0 Å². The number of hydrazine groups is 3. The van der Waals surface area contributed by atoms with Crippen molar-refractivity contribution >= 4 is 55.6 Å². The highest BCUT2D eigenvalue weighted by Crippen LogP contribution is 2.26. The molecule has 0 bridgehead atoms. The second-order valence-electron chi connectivity index (χ2n) is 17.6. The molecule has 0 aliphatic heterocycles. The number of carbonyl (C=O) groups excluding carboxylic acids is 4. The lowest BCUT2D eigenvalue weighted by Gasteiger charge is -2.20. The summed E-state index contributed by atoms with van der Waals surface area (Å²) >= 11 is 0. The van der Waals surface area contributed by atoms with E-state index >= 15 is 0 Å². The first-order chi connectivity index (χ1) is 34.8. The van der Waals surface area contributed by atoms with Gasteiger partial charge in [-0.3, -0.25) is 26.9 Å². The number of amides is 3. The summed E-state index contributed by atoms with van der Waals surface area (Å²) in [4.78, 5) is 43.7. The van der Waals surface area contributed by atoms with E-state index < -0.39 is 35.1 Å². The predicted molar refractivity (Wildman–Crippen MR) is 296 cm³/mol. The summed E-state index contributed by atoms with van der Waals surface area (Å²) in [5.41, 5.74) is 13.6. The number of nitrogens with one attached hydrogen (secondary N) is 5. The second kappa shape index (κ2) is 38.4. The van der Waals surface area contributed by atoms with E-state index in [4.69, 9.17) is 63.8 Å². The summed E-state index contributed by atoms with van der Waals surface area (Å²) in [7, 11) is 12.6. The number of methoxy groups -OCH3 is 8. The zero-order valence-electron chi connectivity index (χ0n) is 46.5. The number of nitrogens with zero attached hydrogens (tertiary/aromatic N) is 1.